The number of aromatic nitrogens is 2. The highest BCUT2D eigenvalue weighted by atomic mass is 16.5. The number of nitrogens with two attached hydrogens (primary N) is 1. The van der Waals surface area contributed by atoms with Gasteiger partial charge in [0.2, 0.25) is 5.88 Å². The minimum Gasteiger partial charge on any atom is -0.474 e. The van der Waals surface area contributed by atoms with Crippen LogP contribution in [0.25, 0.3) is 0 Å². The molecule has 0 aliphatic rings. The zero-order valence-corrected chi connectivity index (χ0v) is 11.8. The van der Waals surface area contributed by atoms with Gasteiger partial charge in [-0.15, -0.1) is 5.10 Å². The predicted octanol–water partition coefficient (Wildman–Crippen LogP) is 1.30. The van der Waals surface area contributed by atoms with Gasteiger partial charge < -0.3 is 15.2 Å². The number of aryl methyl sites for hydroxylation is 1. The molecule has 6 nitrogen and oxygen atoms in total. The highest BCUT2D eigenvalue weighted by Gasteiger charge is 2.17. The van der Waals surface area contributed by atoms with E-state index in [1.165, 1.54) is 0 Å². The summed E-state index contributed by atoms with van der Waals surface area (Å²) in [5.41, 5.74) is 8.02. The van der Waals surface area contributed by atoms with Crippen molar-refractivity contribution in [1.29, 1.82) is 5.41 Å². The molecule has 0 radical (unpaired) electrons. The van der Waals surface area contributed by atoms with Crippen molar-refractivity contribution in [3.63, 3.8) is 0 Å². The molecule has 19 heavy (non-hydrogen) atoms. The van der Waals surface area contributed by atoms with Crippen molar-refractivity contribution in [2.75, 3.05) is 19.8 Å². The summed E-state index contributed by atoms with van der Waals surface area (Å²) in [5.74, 6) is 0.286. The van der Waals surface area contributed by atoms with Crippen molar-refractivity contribution in [3.05, 3.63) is 16.8 Å². The number of ether oxygens (including phenoxy) is 2. The van der Waals surface area contributed by atoms with Crippen LogP contribution in [0.3, 0.4) is 0 Å². The summed E-state index contributed by atoms with van der Waals surface area (Å²) in [4.78, 5) is 0. The molecule has 1 rings (SSSR count). The lowest BCUT2D eigenvalue weighted by atomic mass is 10.0. The predicted molar refractivity (Wildman–Crippen MR) is 73.8 cm³/mol. The van der Waals surface area contributed by atoms with Crippen LogP contribution in [0.2, 0.25) is 0 Å². The van der Waals surface area contributed by atoms with Gasteiger partial charge in [0.05, 0.1) is 17.9 Å². The number of nitrogen functional groups attached to an aromatic ring is 1. The molecule has 3 N–H and O–H groups in total. The van der Waals surface area contributed by atoms with Gasteiger partial charge in [0.1, 0.15) is 12.4 Å². The molecule has 1 aromatic rings. The zero-order valence-electron chi connectivity index (χ0n) is 11.8. The van der Waals surface area contributed by atoms with Crippen molar-refractivity contribution >= 4 is 5.84 Å². The first-order valence-electron chi connectivity index (χ1n) is 6.58. The average Bonchev–Trinajstić information content (AvgIpc) is 2.42. The van der Waals surface area contributed by atoms with Crippen molar-refractivity contribution < 1.29 is 9.47 Å². The molecule has 0 saturated carbocycles. The number of rotatable bonds is 8. The number of nitrogens with zero attached hydrogens (tertiary/aromatic N) is 2. The Labute approximate surface area is 113 Å². The molecule has 0 spiro atoms. The Morgan fingerprint density at radius 2 is 1.89 bits per heavy atom. The standard InChI is InChI=1S/C13H22N4O2/c1-4-9-10(5-2)16-17-13(11(9)12(14)15)19-8-7-18-6-3/h4-8H2,1-3H3,(H3,14,15). The third kappa shape index (κ3) is 3.89. The summed E-state index contributed by atoms with van der Waals surface area (Å²) in [7, 11) is 0. The second-order valence-corrected chi connectivity index (χ2v) is 3.97. The largest absolute Gasteiger partial charge is 0.474 e. The summed E-state index contributed by atoms with van der Waals surface area (Å²) < 4.78 is 10.7. The van der Waals surface area contributed by atoms with Crippen molar-refractivity contribution in [2.24, 2.45) is 5.73 Å². The van der Waals surface area contributed by atoms with Crippen LogP contribution in [0.15, 0.2) is 0 Å². The Kier molecular flexibility index (Phi) is 6.21. The SMILES string of the molecule is CCOCCOc1nnc(CC)c(CC)c1C(=N)N. The third-order valence-corrected chi connectivity index (χ3v) is 2.75. The molecular weight excluding hydrogens is 244 g/mol. The Bertz CT molecular complexity index is 435. The van der Waals surface area contributed by atoms with E-state index in [1.54, 1.807) is 0 Å². The molecule has 0 amide bonds. The Hall–Kier alpha value is -1.69. The topological polar surface area (TPSA) is 94.1 Å². The molecule has 0 aliphatic heterocycles. The van der Waals surface area contributed by atoms with Crippen molar-refractivity contribution in [1.82, 2.24) is 10.2 Å². The second kappa shape index (κ2) is 7.68. The molecule has 0 saturated heterocycles. The van der Waals surface area contributed by atoms with E-state index in [9.17, 15) is 0 Å². The molecular formula is C13H22N4O2. The van der Waals surface area contributed by atoms with Crippen molar-refractivity contribution in [2.45, 2.75) is 33.6 Å². The fourth-order valence-corrected chi connectivity index (χ4v) is 1.87. The van der Waals surface area contributed by atoms with Gasteiger partial charge in [-0.25, -0.2) is 0 Å². The van der Waals surface area contributed by atoms with Gasteiger partial charge in [0.25, 0.3) is 0 Å². The minimum atomic E-state index is -0.0344. The van der Waals surface area contributed by atoms with E-state index in [0.717, 1.165) is 24.1 Å². The monoisotopic (exact) mass is 266 g/mol. The van der Waals surface area contributed by atoms with E-state index in [0.29, 0.717) is 31.3 Å². The van der Waals surface area contributed by atoms with Gasteiger partial charge in [0, 0.05) is 6.61 Å². The van der Waals surface area contributed by atoms with E-state index in [2.05, 4.69) is 10.2 Å². The lowest BCUT2D eigenvalue weighted by Gasteiger charge is -2.14. The molecule has 0 fully saturated rings. The summed E-state index contributed by atoms with van der Waals surface area (Å²) >= 11 is 0. The second-order valence-electron chi connectivity index (χ2n) is 3.97. The van der Waals surface area contributed by atoms with Crippen LogP contribution in [0, 0.1) is 5.41 Å². The van der Waals surface area contributed by atoms with Gasteiger partial charge in [-0.3, -0.25) is 5.41 Å². The fraction of sp³-hybridized carbons (Fsp3) is 0.615. The van der Waals surface area contributed by atoms with Crippen LogP contribution in [-0.4, -0.2) is 35.9 Å². The van der Waals surface area contributed by atoms with Gasteiger partial charge >= 0.3 is 0 Å². The van der Waals surface area contributed by atoms with E-state index >= 15 is 0 Å². The molecule has 0 atom stereocenters. The number of nitrogens with one attached hydrogen (secondary N) is 1. The molecule has 0 unspecified atom stereocenters. The lowest BCUT2D eigenvalue weighted by molar-refractivity contribution is 0.108. The maximum atomic E-state index is 7.71. The van der Waals surface area contributed by atoms with Crippen LogP contribution in [-0.2, 0) is 17.6 Å². The Morgan fingerprint density at radius 1 is 1.16 bits per heavy atom. The fourth-order valence-electron chi connectivity index (χ4n) is 1.87. The third-order valence-electron chi connectivity index (χ3n) is 2.75. The first kappa shape index (κ1) is 15.4. The van der Waals surface area contributed by atoms with E-state index in [1.807, 2.05) is 20.8 Å². The van der Waals surface area contributed by atoms with Crippen LogP contribution in [0.5, 0.6) is 5.88 Å². The summed E-state index contributed by atoms with van der Waals surface area (Å²) in [6, 6.07) is 0. The number of hydrogen-bond donors (Lipinski definition) is 2. The van der Waals surface area contributed by atoms with Gasteiger partial charge in [-0.2, -0.15) is 5.10 Å². The first-order chi connectivity index (χ1) is 9.15. The Morgan fingerprint density at radius 3 is 2.42 bits per heavy atom. The number of amidine groups is 1. The van der Waals surface area contributed by atoms with Crippen molar-refractivity contribution in [3.8, 4) is 5.88 Å². The van der Waals surface area contributed by atoms with E-state index < -0.39 is 0 Å². The maximum absolute atomic E-state index is 7.71. The van der Waals surface area contributed by atoms with Crippen LogP contribution in [0.1, 0.15) is 37.6 Å². The molecule has 6 heteroatoms. The average molecular weight is 266 g/mol. The van der Waals surface area contributed by atoms with Gasteiger partial charge in [0.15, 0.2) is 0 Å². The smallest absolute Gasteiger partial charge is 0.244 e. The normalized spacial score (nSPS) is 10.5. The van der Waals surface area contributed by atoms with Crippen LogP contribution >= 0.6 is 0 Å². The molecule has 0 bridgehead atoms. The van der Waals surface area contributed by atoms with Gasteiger partial charge in [-0.1, -0.05) is 13.8 Å². The van der Waals surface area contributed by atoms with Crippen LogP contribution < -0.4 is 10.5 Å². The molecule has 1 aromatic heterocycles. The highest BCUT2D eigenvalue weighted by molar-refractivity contribution is 5.98. The zero-order chi connectivity index (χ0) is 14.3. The quantitative estimate of drug-likeness (QED) is 0.420. The molecule has 106 valence electrons. The highest BCUT2D eigenvalue weighted by Crippen LogP contribution is 2.22. The first-order valence-corrected chi connectivity index (χ1v) is 6.58. The summed E-state index contributed by atoms with van der Waals surface area (Å²) in [6.45, 7) is 7.43. The van der Waals surface area contributed by atoms with Gasteiger partial charge in [-0.05, 0) is 25.3 Å². The molecule has 0 aliphatic carbocycles. The minimum absolute atomic E-state index is 0.0344. The van der Waals surface area contributed by atoms with Crippen LogP contribution in [0.4, 0.5) is 0 Å². The Balaban J connectivity index is 3.00. The van der Waals surface area contributed by atoms with E-state index in [-0.39, 0.29) is 5.84 Å². The molecule has 0 aromatic carbocycles. The van der Waals surface area contributed by atoms with E-state index in [4.69, 9.17) is 20.6 Å². The summed E-state index contributed by atoms with van der Waals surface area (Å²) in [6.07, 6.45) is 1.51. The number of hydrogen-bond acceptors (Lipinski definition) is 5. The lowest BCUT2D eigenvalue weighted by Crippen LogP contribution is -2.20. The maximum Gasteiger partial charge on any atom is 0.244 e. The summed E-state index contributed by atoms with van der Waals surface area (Å²) in [5, 5.41) is 15.9. The molecule has 1 heterocycles.